The van der Waals surface area contributed by atoms with Crippen LogP contribution in [0.1, 0.15) is 18.1 Å². The number of benzene rings is 2. The second kappa shape index (κ2) is 7.40. The lowest BCUT2D eigenvalue weighted by Crippen LogP contribution is -2.49. The van der Waals surface area contributed by atoms with Crippen LogP contribution in [0.4, 0.5) is 8.78 Å². The molecule has 6 heteroatoms. The highest BCUT2D eigenvalue weighted by molar-refractivity contribution is 5.86. The van der Waals surface area contributed by atoms with Gasteiger partial charge in [0, 0.05) is 13.6 Å². The summed E-state index contributed by atoms with van der Waals surface area (Å²) in [7, 11) is 1.65. The van der Waals surface area contributed by atoms with Crippen LogP contribution in [0.25, 0.3) is 0 Å². The third-order valence-electron chi connectivity index (χ3n) is 3.73. The summed E-state index contributed by atoms with van der Waals surface area (Å²) in [6.45, 7) is -0.877. The van der Waals surface area contributed by atoms with Crippen LogP contribution in [0, 0.1) is 0 Å². The van der Waals surface area contributed by atoms with E-state index in [2.05, 4.69) is 4.74 Å². The summed E-state index contributed by atoms with van der Waals surface area (Å²) >= 11 is 0. The summed E-state index contributed by atoms with van der Waals surface area (Å²) in [6, 6.07) is 15.3. The molecule has 2 N–H and O–H groups in total. The number of alkyl halides is 2. The predicted octanol–water partition coefficient (Wildman–Crippen LogP) is 3.12. The Kier molecular flexibility index (Phi) is 5.51. The van der Waals surface area contributed by atoms with Gasteiger partial charge in [-0.2, -0.15) is 8.78 Å². The third-order valence-corrected chi connectivity index (χ3v) is 3.73. The fourth-order valence-corrected chi connectivity index (χ4v) is 2.43. The molecule has 2 aromatic rings. The van der Waals surface area contributed by atoms with E-state index < -0.39 is 12.2 Å². The zero-order valence-electron chi connectivity index (χ0n) is 13.6. The van der Waals surface area contributed by atoms with Gasteiger partial charge in [0.2, 0.25) is 5.91 Å². The molecule has 0 aliphatic rings. The monoisotopic (exact) mass is 334 g/mol. The van der Waals surface area contributed by atoms with Crippen molar-refractivity contribution >= 4 is 5.91 Å². The minimum atomic E-state index is -2.86. The second-order valence-electron chi connectivity index (χ2n) is 5.75. The smallest absolute Gasteiger partial charge is 0.387 e. The van der Waals surface area contributed by atoms with E-state index in [0.717, 1.165) is 11.1 Å². The van der Waals surface area contributed by atoms with E-state index in [1.807, 2.05) is 30.3 Å². The van der Waals surface area contributed by atoms with Crippen LogP contribution in [-0.2, 0) is 16.9 Å². The van der Waals surface area contributed by atoms with E-state index in [-0.39, 0.29) is 11.7 Å². The first-order chi connectivity index (χ1) is 11.3. The Morgan fingerprint density at radius 2 is 1.75 bits per heavy atom. The van der Waals surface area contributed by atoms with E-state index in [4.69, 9.17) is 5.73 Å². The van der Waals surface area contributed by atoms with Crippen molar-refractivity contribution in [1.29, 1.82) is 0 Å². The molecule has 0 spiro atoms. The molecule has 2 aromatic carbocycles. The van der Waals surface area contributed by atoms with Gasteiger partial charge in [-0.25, -0.2) is 0 Å². The average molecular weight is 334 g/mol. The minimum Gasteiger partial charge on any atom is -0.435 e. The van der Waals surface area contributed by atoms with Crippen molar-refractivity contribution in [2.45, 2.75) is 25.6 Å². The van der Waals surface area contributed by atoms with Crippen molar-refractivity contribution in [3.63, 3.8) is 0 Å². The van der Waals surface area contributed by atoms with E-state index in [1.54, 1.807) is 26.1 Å². The highest BCUT2D eigenvalue weighted by Crippen LogP contribution is 2.21. The van der Waals surface area contributed by atoms with Crippen LogP contribution in [-0.4, -0.2) is 24.5 Å². The van der Waals surface area contributed by atoms with Gasteiger partial charge < -0.3 is 15.4 Å². The molecule has 1 atom stereocenters. The Labute approximate surface area is 139 Å². The standard InChI is InChI=1S/C18H20F2N2O2/c1-18(21,14-6-4-3-5-7-14)16(23)22(2)12-13-8-10-15(11-9-13)24-17(19)20/h3-11,17H,12,21H2,1-2H3. The van der Waals surface area contributed by atoms with E-state index in [1.165, 1.54) is 17.0 Å². The number of nitrogens with zero attached hydrogens (tertiary/aromatic N) is 1. The van der Waals surface area contributed by atoms with Crippen molar-refractivity contribution < 1.29 is 18.3 Å². The van der Waals surface area contributed by atoms with Gasteiger partial charge in [-0.15, -0.1) is 0 Å². The number of hydrogen-bond acceptors (Lipinski definition) is 3. The molecule has 0 aliphatic heterocycles. The number of halogens is 2. The Morgan fingerprint density at radius 3 is 2.29 bits per heavy atom. The molecule has 0 bridgehead atoms. The first-order valence-electron chi connectivity index (χ1n) is 7.44. The second-order valence-corrected chi connectivity index (χ2v) is 5.75. The lowest BCUT2D eigenvalue weighted by Gasteiger charge is -2.29. The van der Waals surface area contributed by atoms with Gasteiger partial charge in [0.1, 0.15) is 11.3 Å². The fourth-order valence-electron chi connectivity index (χ4n) is 2.43. The fraction of sp³-hybridized carbons (Fsp3) is 0.278. The topological polar surface area (TPSA) is 55.6 Å². The number of amides is 1. The number of carbonyl (C=O) groups is 1. The molecule has 0 heterocycles. The van der Waals surface area contributed by atoms with E-state index in [9.17, 15) is 13.6 Å². The molecule has 0 saturated heterocycles. The Bertz CT molecular complexity index is 673. The molecule has 0 radical (unpaired) electrons. The molecule has 24 heavy (non-hydrogen) atoms. The molecular formula is C18H20F2N2O2. The highest BCUT2D eigenvalue weighted by Gasteiger charge is 2.32. The van der Waals surface area contributed by atoms with Crippen LogP contribution >= 0.6 is 0 Å². The van der Waals surface area contributed by atoms with Crippen LogP contribution < -0.4 is 10.5 Å². The van der Waals surface area contributed by atoms with Gasteiger partial charge in [-0.3, -0.25) is 4.79 Å². The summed E-state index contributed by atoms with van der Waals surface area (Å²) in [4.78, 5) is 14.2. The number of likely N-dealkylation sites (N-methyl/N-ethyl adjacent to an activating group) is 1. The molecule has 0 aromatic heterocycles. The lowest BCUT2D eigenvalue weighted by molar-refractivity contribution is -0.136. The van der Waals surface area contributed by atoms with Gasteiger partial charge in [-0.05, 0) is 30.2 Å². The summed E-state index contributed by atoms with van der Waals surface area (Å²) in [5, 5.41) is 0. The SMILES string of the molecule is CN(Cc1ccc(OC(F)F)cc1)C(=O)C(C)(N)c1ccccc1. The van der Waals surface area contributed by atoms with Crippen LogP contribution in [0.2, 0.25) is 0 Å². The first-order valence-corrected chi connectivity index (χ1v) is 7.44. The number of rotatable bonds is 6. The van der Waals surface area contributed by atoms with Gasteiger partial charge in [0.15, 0.2) is 0 Å². The summed E-state index contributed by atoms with van der Waals surface area (Å²) in [5.74, 6) is -0.155. The van der Waals surface area contributed by atoms with Crippen molar-refractivity contribution in [2.24, 2.45) is 5.73 Å². The molecule has 128 valence electrons. The van der Waals surface area contributed by atoms with Crippen molar-refractivity contribution in [2.75, 3.05) is 7.05 Å². The molecule has 2 rings (SSSR count). The normalized spacial score (nSPS) is 13.4. The third kappa shape index (κ3) is 4.29. The maximum absolute atomic E-state index is 12.7. The highest BCUT2D eigenvalue weighted by atomic mass is 19.3. The van der Waals surface area contributed by atoms with Crippen molar-refractivity contribution in [1.82, 2.24) is 4.90 Å². The van der Waals surface area contributed by atoms with Gasteiger partial charge in [0.25, 0.3) is 0 Å². The van der Waals surface area contributed by atoms with Crippen molar-refractivity contribution in [3.8, 4) is 5.75 Å². The van der Waals surface area contributed by atoms with Crippen LogP contribution in [0.5, 0.6) is 5.75 Å². The quantitative estimate of drug-likeness (QED) is 0.883. The molecule has 0 fully saturated rings. The largest absolute Gasteiger partial charge is 0.435 e. The molecule has 4 nitrogen and oxygen atoms in total. The average Bonchev–Trinajstić information content (AvgIpc) is 2.56. The number of ether oxygens (including phenoxy) is 1. The van der Waals surface area contributed by atoms with E-state index >= 15 is 0 Å². The molecule has 1 amide bonds. The molecule has 0 saturated carbocycles. The Balaban J connectivity index is 2.06. The molecule has 1 unspecified atom stereocenters. The Morgan fingerprint density at radius 1 is 1.17 bits per heavy atom. The maximum Gasteiger partial charge on any atom is 0.387 e. The zero-order valence-corrected chi connectivity index (χ0v) is 13.6. The molecular weight excluding hydrogens is 314 g/mol. The van der Waals surface area contributed by atoms with Crippen LogP contribution in [0.3, 0.4) is 0 Å². The van der Waals surface area contributed by atoms with Gasteiger partial charge in [0.05, 0.1) is 0 Å². The summed E-state index contributed by atoms with van der Waals surface area (Å²) < 4.78 is 28.6. The minimum absolute atomic E-state index is 0.0793. The first kappa shape index (κ1) is 17.9. The predicted molar refractivity (Wildman–Crippen MR) is 87.5 cm³/mol. The van der Waals surface area contributed by atoms with E-state index in [0.29, 0.717) is 6.54 Å². The molecule has 0 aliphatic carbocycles. The summed E-state index contributed by atoms with van der Waals surface area (Å²) in [5.41, 5.74) is 6.59. The van der Waals surface area contributed by atoms with Gasteiger partial charge in [-0.1, -0.05) is 42.5 Å². The number of hydrogen-bond donors (Lipinski definition) is 1. The lowest BCUT2D eigenvalue weighted by atomic mass is 9.91. The maximum atomic E-state index is 12.7. The van der Waals surface area contributed by atoms with Gasteiger partial charge >= 0.3 is 6.61 Å². The Hall–Kier alpha value is -2.47. The summed E-state index contributed by atoms with van der Waals surface area (Å²) in [6.07, 6.45) is 0. The van der Waals surface area contributed by atoms with Crippen molar-refractivity contribution in [3.05, 3.63) is 65.7 Å². The van der Waals surface area contributed by atoms with Crippen LogP contribution in [0.15, 0.2) is 54.6 Å². The number of carbonyl (C=O) groups excluding carboxylic acids is 1. The number of nitrogens with two attached hydrogens (primary N) is 1. The zero-order chi connectivity index (χ0) is 17.7.